The van der Waals surface area contributed by atoms with Crippen LogP contribution in [0.4, 0.5) is 14.6 Å². The minimum absolute atomic E-state index is 0.0701. The van der Waals surface area contributed by atoms with E-state index in [0.29, 0.717) is 17.2 Å². The van der Waals surface area contributed by atoms with Crippen molar-refractivity contribution in [2.24, 2.45) is 0 Å². The summed E-state index contributed by atoms with van der Waals surface area (Å²) in [6.07, 6.45) is 1.20. The molecule has 3 aromatic rings. The van der Waals surface area contributed by atoms with Gasteiger partial charge in [0.1, 0.15) is 23.6 Å². The summed E-state index contributed by atoms with van der Waals surface area (Å²) in [4.78, 5) is 10.5. The summed E-state index contributed by atoms with van der Waals surface area (Å²) in [5.41, 5.74) is 2.20. The molecule has 142 valence electrons. The van der Waals surface area contributed by atoms with E-state index in [0.717, 1.165) is 16.7 Å². The predicted octanol–water partition coefficient (Wildman–Crippen LogP) is 4.04. The molecule has 0 unspecified atom stereocenters. The number of hydrogen-bond donors (Lipinski definition) is 1. The van der Waals surface area contributed by atoms with E-state index >= 15 is 0 Å². The van der Waals surface area contributed by atoms with Gasteiger partial charge in [0, 0.05) is 37.4 Å². The highest BCUT2D eigenvalue weighted by molar-refractivity contribution is 5.93. The van der Waals surface area contributed by atoms with Gasteiger partial charge >= 0.3 is 0 Å². The van der Waals surface area contributed by atoms with Gasteiger partial charge in [0.05, 0.1) is 17.3 Å². The Hall–Kier alpha value is -2.77. The summed E-state index contributed by atoms with van der Waals surface area (Å²) < 4.78 is 32.6. The van der Waals surface area contributed by atoms with Crippen LogP contribution in [0.3, 0.4) is 0 Å². The van der Waals surface area contributed by atoms with Gasteiger partial charge < -0.3 is 9.64 Å². The summed E-state index contributed by atoms with van der Waals surface area (Å²) in [5.74, 6) is -1.19. The molecule has 0 atom stereocenters. The van der Waals surface area contributed by atoms with E-state index in [1.807, 2.05) is 36.9 Å². The number of aromatic nitrogens is 4. The van der Waals surface area contributed by atoms with Crippen molar-refractivity contribution < 1.29 is 13.5 Å². The average Bonchev–Trinajstić information content (AvgIpc) is 3.04. The third kappa shape index (κ3) is 3.70. The molecule has 1 saturated heterocycles. The van der Waals surface area contributed by atoms with Gasteiger partial charge in [0.15, 0.2) is 0 Å². The molecule has 1 aromatic carbocycles. The van der Waals surface area contributed by atoms with Crippen molar-refractivity contribution in [3.8, 4) is 17.1 Å². The zero-order valence-corrected chi connectivity index (χ0v) is 15.2. The van der Waals surface area contributed by atoms with Gasteiger partial charge in [-0.05, 0) is 32.0 Å². The third-order valence-electron chi connectivity index (χ3n) is 4.62. The lowest BCUT2D eigenvalue weighted by Crippen LogP contribution is -2.39. The fraction of sp³-hybridized carbons (Fsp3) is 0.421. The molecule has 1 fully saturated rings. The summed E-state index contributed by atoms with van der Waals surface area (Å²) >= 11 is 0. The van der Waals surface area contributed by atoms with Gasteiger partial charge in [-0.2, -0.15) is 5.10 Å². The lowest BCUT2D eigenvalue weighted by atomic mass is 10.1. The fourth-order valence-electron chi connectivity index (χ4n) is 3.25. The second-order valence-electron chi connectivity index (χ2n) is 7.05. The number of H-pyrrole nitrogens is 1. The summed E-state index contributed by atoms with van der Waals surface area (Å²) in [6.45, 7) is 4.49. The monoisotopic (exact) mass is 373 g/mol. The van der Waals surface area contributed by atoms with E-state index < -0.39 is 5.92 Å². The molecule has 27 heavy (non-hydrogen) atoms. The zero-order chi connectivity index (χ0) is 19.0. The van der Waals surface area contributed by atoms with E-state index in [9.17, 15) is 8.78 Å². The SMILES string of the molecule is CC(C)Oc1ccc2[nH]nc(-c3cc(N4CCC(F)(F)CC4)ncn3)c2c1. The predicted molar refractivity (Wildman–Crippen MR) is 99.3 cm³/mol. The third-order valence-corrected chi connectivity index (χ3v) is 4.62. The first-order valence-corrected chi connectivity index (χ1v) is 9.01. The molecule has 1 aliphatic rings. The number of hydrogen-bond acceptors (Lipinski definition) is 5. The standard InChI is InChI=1S/C19H21F2N5O/c1-12(2)27-13-3-4-15-14(9-13)18(25-24-15)16-10-17(23-11-22-16)26-7-5-19(20,21)6-8-26/h3-4,9-12H,5-8H2,1-2H3,(H,24,25). The molecule has 4 rings (SSSR count). The zero-order valence-electron chi connectivity index (χ0n) is 15.2. The van der Waals surface area contributed by atoms with E-state index in [2.05, 4.69) is 20.2 Å². The highest BCUT2D eigenvalue weighted by Gasteiger charge is 2.34. The van der Waals surface area contributed by atoms with E-state index in [4.69, 9.17) is 4.74 Å². The maximum Gasteiger partial charge on any atom is 0.251 e. The molecular weight excluding hydrogens is 352 g/mol. The summed E-state index contributed by atoms with van der Waals surface area (Å²) in [5, 5.41) is 8.28. The number of rotatable bonds is 4. The molecule has 2 aromatic heterocycles. The number of piperidine rings is 1. The molecule has 0 aliphatic carbocycles. The van der Waals surface area contributed by atoms with E-state index in [1.54, 1.807) is 6.07 Å². The second-order valence-corrected chi connectivity index (χ2v) is 7.05. The molecule has 0 spiro atoms. The molecule has 0 saturated carbocycles. The maximum atomic E-state index is 13.4. The Bertz CT molecular complexity index is 946. The molecule has 3 heterocycles. The van der Waals surface area contributed by atoms with Crippen LogP contribution in [0.15, 0.2) is 30.6 Å². The first-order chi connectivity index (χ1) is 12.9. The molecule has 0 amide bonds. The topological polar surface area (TPSA) is 66.9 Å². The number of fused-ring (bicyclic) bond motifs is 1. The molecule has 8 heteroatoms. The highest BCUT2D eigenvalue weighted by Crippen LogP contribution is 2.32. The first kappa shape index (κ1) is 17.6. The Balaban J connectivity index is 1.66. The Kier molecular flexibility index (Phi) is 4.41. The van der Waals surface area contributed by atoms with Gasteiger partial charge in [0.25, 0.3) is 5.92 Å². The van der Waals surface area contributed by atoms with Gasteiger partial charge in [-0.25, -0.2) is 18.7 Å². The minimum Gasteiger partial charge on any atom is -0.491 e. The van der Waals surface area contributed by atoms with Crippen molar-refractivity contribution in [2.75, 3.05) is 18.0 Å². The van der Waals surface area contributed by atoms with Crippen LogP contribution in [-0.2, 0) is 0 Å². The summed E-state index contributed by atoms with van der Waals surface area (Å²) in [6, 6.07) is 7.54. The molecular formula is C19H21F2N5O. The van der Waals surface area contributed by atoms with Gasteiger partial charge in [0.2, 0.25) is 0 Å². The normalized spacial score (nSPS) is 16.9. The fourth-order valence-corrected chi connectivity index (χ4v) is 3.25. The van der Waals surface area contributed by atoms with Gasteiger partial charge in [-0.3, -0.25) is 5.10 Å². The van der Waals surface area contributed by atoms with Crippen molar-refractivity contribution in [3.05, 3.63) is 30.6 Å². The Morgan fingerprint density at radius 3 is 2.67 bits per heavy atom. The number of halogens is 2. The first-order valence-electron chi connectivity index (χ1n) is 9.01. The van der Waals surface area contributed by atoms with E-state index in [-0.39, 0.29) is 32.0 Å². The van der Waals surface area contributed by atoms with Crippen LogP contribution in [0, 0.1) is 0 Å². The average molecular weight is 373 g/mol. The molecule has 6 nitrogen and oxygen atoms in total. The molecule has 1 N–H and O–H groups in total. The molecule has 0 radical (unpaired) electrons. The largest absolute Gasteiger partial charge is 0.491 e. The lowest BCUT2D eigenvalue weighted by Gasteiger charge is -2.32. The Labute approximate surface area is 155 Å². The van der Waals surface area contributed by atoms with Crippen molar-refractivity contribution in [2.45, 2.75) is 38.7 Å². The molecule has 1 aliphatic heterocycles. The van der Waals surface area contributed by atoms with Gasteiger partial charge in [-0.1, -0.05) is 0 Å². The van der Waals surface area contributed by atoms with Crippen LogP contribution in [0.1, 0.15) is 26.7 Å². The summed E-state index contributed by atoms with van der Waals surface area (Å²) in [7, 11) is 0. The van der Waals surface area contributed by atoms with Crippen LogP contribution in [0.5, 0.6) is 5.75 Å². The van der Waals surface area contributed by atoms with Crippen molar-refractivity contribution in [1.82, 2.24) is 20.2 Å². The number of ether oxygens (including phenoxy) is 1. The number of alkyl halides is 2. The van der Waals surface area contributed by atoms with Crippen molar-refractivity contribution >= 4 is 16.7 Å². The Morgan fingerprint density at radius 1 is 1.15 bits per heavy atom. The van der Waals surface area contributed by atoms with Crippen LogP contribution < -0.4 is 9.64 Å². The maximum absolute atomic E-state index is 13.4. The number of nitrogens with zero attached hydrogens (tertiary/aromatic N) is 4. The second kappa shape index (κ2) is 6.75. The number of anilines is 1. The van der Waals surface area contributed by atoms with Crippen LogP contribution >= 0.6 is 0 Å². The smallest absolute Gasteiger partial charge is 0.251 e. The Morgan fingerprint density at radius 2 is 1.93 bits per heavy atom. The van der Waals surface area contributed by atoms with Crippen LogP contribution in [0.25, 0.3) is 22.3 Å². The van der Waals surface area contributed by atoms with Gasteiger partial charge in [-0.15, -0.1) is 0 Å². The minimum atomic E-state index is -2.59. The number of nitrogens with one attached hydrogen (secondary N) is 1. The highest BCUT2D eigenvalue weighted by atomic mass is 19.3. The van der Waals surface area contributed by atoms with Crippen molar-refractivity contribution in [3.63, 3.8) is 0 Å². The van der Waals surface area contributed by atoms with Crippen LogP contribution in [0.2, 0.25) is 0 Å². The molecule has 0 bridgehead atoms. The van der Waals surface area contributed by atoms with Crippen molar-refractivity contribution in [1.29, 1.82) is 0 Å². The number of benzene rings is 1. The van der Waals surface area contributed by atoms with Crippen LogP contribution in [-0.4, -0.2) is 45.3 Å². The lowest BCUT2D eigenvalue weighted by molar-refractivity contribution is -0.0221. The van der Waals surface area contributed by atoms with E-state index in [1.165, 1.54) is 6.33 Å². The quantitative estimate of drug-likeness (QED) is 0.748. The number of aromatic amines is 1.